The number of aliphatic hydroxyl groups is 1. The van der Waals surface area contributed by atoms with E-state index < -0.39 is 6.10 Å². The van der Waals surface area contributed by atoms with Crippen molar-refractivity contribution in [3.8, 4) is 0 Å². The zero-order valence-electron chi connectivity index (χ0n) is 10.8. The molecule has 2 aromatic rings. The predicted molar refractivity (Wildman–Crippen MR) is 76.9 cm³/mol. The number of halogens is 1. The molecule has 0 bridgehead atoms. The molecule has 102 valence electrons. The molecule has 0 radical (unpaired) electrons. The minimum atomic E-state index is -0.638. The third-order valence-corrected chi connectivity index (χ3v) is 4.56. The van der Waals surface area contributed by atoms with Gasteiger partial charge in [-0.25, -0.2) is 4.39 Å². The van der Waals surface area contributed by atoms with Crippen LogP contribution >= 0.6 is 11.3 Å². The van der Waals surface area contributed by atoms with Crippen LogP contribution in [0.15, 0.2) is 36.4 Å². The van der Waals surface area contributed by atoms with E-state index >= 15 is 0 Å². The molecule has 3 N–H and O–H groups in total. The van der Waals surface area contributed by atoms with Crippen molar-refractivity contribution in [3.05, 3.63) is 57.5 Å². The Morgan fingerprint density at radius 3 is 2.42 bits per heavy atom. The van der Waals surface area contributed by atoms with E-state index in [-0.39, 0.29) is 11.7 Å². The standard InChI is InChI=1S/C15H18FNOS/c1-2-12-7-8-14(19-12)15(18)13(9-17)10-3-5-11(16)6-4-10/h3-8,13,15,18H,2,9,17H2,1H3. The normalized spacial score (nSPS) is 14.3. The number of aryl methyl sites for hydroxylation is 1. The van der Waals surface area contributed by atoms with Crippen molar-refractivity contribution >= 4 is 11.3 Å². The van der Waals surface area contributed by atoms with Crippen LogP contribution in [0, 0.1) is 5.82 Å². The van der Waals surface area contributed by atoms with Crippen molar-refractivity contribution in [3.63, 3.8) is 0 Å². The van der Waals surface area contributed by atoms with Gasteiger partial charge in [0.25, 0.3) is 0 Å². The minimum absolute atomic E-state index is 0.205. The molecule has 0 fully saturated rings. The molecule has 2 rings (SSSR count). The summed E-state index contributed by atoms with van der Waals surface area (Å²) in [4.78, 5) is 2.15. The van der Waals surface area contributed by atoms with Crippen molar-refractivity contribution in [2.24, 2.45) is 5.73 Å². The average molecular weight is 279 g/mol. The molecule has 0 saturated carbocycles. The maximum Gasteiger partial charge on any atom is 0.123 e. The highest BCUT2D eigenvalue weighted by atomic mass is 32.1. The summed E-state index contributed by atoms with van der Waals surface area (Å²) in [6.45, 7) is 2.41. The number of hydrogen-bond acceptors (Lipinski definition) is 3. The lowest BCUT2D eigenvalue weighted by molar-refractivity contribution is 0.151. The molecule has 2 nitrogen and oxygen atoms in total. The molecule has 0 aliphatic carbocycles. The summed E-state index contributed by atoms with van der Waals surface area (Å²) < 4.78 is 12.9. The topological polar surface area (TPSA) is 46.2 Å². The number of thiophene rings is 1. The Morgan fingerprint density at radius 2 is 1.89 bits per heavy atom. The van der Waals surface area contributed by atoms with Gasteiger partial charge in [0.15, 0.2) is 0 Å². The van der Waals surface area contributed by atoms with Gasteiger partial charge in [-0.05, 0) is 36.2 Å². The highest BCUT2D eigenvalue weighted by Crippen LogP contribution is 2.34. The number of benzene rings is 1. The second kappa shape index (κ2) is 6.28. The van der Waals surface area contributed by atoms with Gasteiger partial charge in [0.2, 0.25) is 0 Å². The molecule has 0 spiro atoms. The summed E-state index contributed by atoms with van der Waals surface area (Å²) in [5.74, 6) is -0.484. The van der Waals surface area contributed by atoms with E-state index in [1.165, 1.54) is 17.0 Å². The Morgan fingerprint density at radius 1 is 1.21 bits per heavy atom. The van der Waals surface area contributed by atoms with Crippen LogP contribution in [0.5, 0.6) is 0 Å². The highest BCUT2D eigenvalue weighted by Gasteiger charge is 2.22. The first-order valence-electron chi connectivity index (χ1n) is 6.38. The number of hydrogen-bond donors (Lipinski definition) is 2. The van der Waals surface area contributed by atoms with E-state index in [0.29, 0.717) is 6.54 Å². The zero-order valence-corrected chi connectivity index (χ0v) is 11.7. The monoisotopic (exact) mass is 279 g/mol. The van der Waals surface area contributed by atoms with Crippen LogP contribution in [0.2, 0.25) is 0 Å². The zero-order chi connectivity index (χ0) is 13.8. The Bertz CT molecular complexity index is 523. The van der Waals surface area contributed by atoms with Gasteiger partial charge in [0.1, 0.15) is 5.82 Å². The molecule has 0 aliphatic rings. The van der Waals surface area contributed by atoms with Crippen molar-refractivity contribution < 1.29 is 9.50 Å². The quantitative estimate of drug-likeness (QED) is 0.882. The summed E-state index contributed by atoms with van der Waals surface area (Å²) in [5, 5.41) is 10.4. The average Bonchev–Trinajstić information content (AvgIpc) is 2.90. The van der Waals surface area contributed by atoms with Crippen LogP contribution in [0.1, 0.15) is 34.3 Å². The SMILES string of the molecule is CCc1ccc(C(O)C(CN)c2ccc(F)cc2)s1. The molecule has 19 heavy (non-hydrogen) atoms. The molecule has 2 atom stereocenters. The number of aliphatic hydroxyl groups excluding tert-OH is 1. The molecule has 1 aromatic heterocycles. The lowest BCUT2D eigenvalue weighted by Crippen LogP contribution is -2.19. The van der Waals surface area contributed by atoms with E-state index in [2.05, 4.69) is 6.92 Å². The van der Waals surface area contributed by atoms with Crippen LogP contribution in [-0.4, -0.2) is 11.7 Å². The molecule has 1 aromatic carbocycles. The summed E-state index contributed by atoms with van der Waals surface area (Å²) in [5.41, 5.74) is 6.64. The van der Waals surface area contributed by atoms with E-state index in [4.69, 9.17) is 5.73 Å². The van der Waals surface area contributed by atoms with Crippen molar-refractivity contribution in [2.75, 3.05) is 6.54 Å². The highest BCUT2D eigenvalue weighted by molar-refractivity contribution is 7.12. The van der Waals surface area contributed by atoms with Gasteiger partial charge < -0.3 is 10.8 Å². The van der Waals surface area contributed by atoms with Crippen LogP contribution < -0.4 is 5.73 Å². The molecular formula is C15H18FNOS. The van der Waals surface area contributed by atoms with Gasteiger partial charge in [-0.3, -0.25) is 0 Å². The first kappa shape index (κ1) is 14.2. The van der Waals surface area contributed by atoms with Gasteiger partial charge in [0, 0.05) is 22.2 Å². The molecular weight excluding hydrogens is 261 g/mol. The lowest BCUT2D eigenvalue weighted by Gasteiger charge is -2.21. The van der Waals surface area contributed by atoms with Crippen molar-refractivity contribution in [1.29, 1.82) is 0 Å². The van der Waals surface area contributed by atoms with Gasteiger partial charge in [-0.1, -0.05) is 19.1 Å². The van der Waals surface area contributed by atoms with Crippen molar-refractivity contribution in [2.45, 2.75) is 25.4 Å². The third kappa shape index (κ3) is 3.21. The fourth-order valence-electron chi connectivity index (χ4n) is 2.10. The third-order valence-electron chi connectivity index (χ3n) is 3.26. The molecule has 0 amide bonds. The van der Waals surface area contributed by atoms with Crippen LogP contribution in [0.25, 0.3) is 0 Å². The molecule has 2 unspecified atom stereocenters. The van der Waals surface area contributed by atoms with Gasteiger partial charge >= 0.3 is 0 Å². The van der Waals surface area contributed by atoms with Gasteiger partial charge in [-0.2, -0.15) is 0 Å². The van der Waals surface area contributed by atoms with Crippen LogP contribution in [0.3, 0.4) is 0 Å². The fraction of sp³-hybridized carbons (Fsp3) is 0.333. The summed E-state index contributed by atoms with van der Waals surface area (Å²) in [6, 6.07) is 10.1. The summed E-state index contributed by atoms with van der Waals surface area (Å²) in [6.07, 6.45) is 0.321. The van der Waals surface area contributed by atoms with Crippen LogP contribution in [0.4, 0.5) is 4.39 Å². The summed E-state index contributed by atoms with van der Waals surface area (Å²) in [7, 11) is 0. The second-order valence-corrected chi connectivity index (χ2v) is 5.70. The first-order valence-corrected chi connectivity index (χ1v) is 7.19. The molecule has 0 saturated heterocycles. The van der Waals surface area contributed by atoms with E-state index in [1.54, 1.807) is 23.5 Å². The molecule has 4 heteroatoms. The van der Waals surface area contributed by atoms with E-state index in [1.807, 2.05) is 12.1 Å². The maximum absolute atomic E-state index is 12.9. The van der Waals surface area contributed by atoms with Crippen LogP contribution in [-0.2, 0) is 6.42 Å². The first-order chi connectivity index (χ1) is 9.15. The Labute approximate surface area is 116 Å². The molecule has 0 aliphatic heterocycles. The smallest absolute Gasteiger partial charge is 0.123 e. The molecule has 1 heterocycles. The Balaban J connectivity index is 2.23. The minimum Gasteiger partial charge on any atom is -0.387 e. The van der Waals surface area contributed by atoms with Crippen molar-refractivity contribution in [1.82, 2.24) is 0 Å². The second-order valence-electron chi connectivity index (χ2n) is 4.50. The van der Waals surface area contributed by atoms with Gasteiger partial charge in [-0.15, -0.1) is 11.3 Å². The van der Waals surface area contributed by atoms with E-state index in [9.17, 15) is 9.50 Å². The van der Waals surface area contributed by atoms with Gasteiger partial charge in [0.05, 0.1) is 6.10 Å². The largest absolute Gasteiger partial charge is 0.387 e. The summed E-state index contributed by atoms with van der Waals surface area (Å²) >= 11 is 1.60. The lowest BCUT2D eigenvalue weighted by atomic mass is 9.92. The number of nitrogens with two attached hydrogens (primary N) is 1. The Kier molecular flexibility index (Phi) is 4.69. The number of rotatable bonds is 5. The maximum atomic E-state index is 12.9. The predicted octanol–water partition coefficient (Wildman–Crippen LogP) is 3.23. The van der Waals surface area contributed by atoms with E-state index in [0.717, 1.165) is 16.9 Å². The Hall–Kier alpha value is -1.23. The fourth-order valence-corrected chi connectivity index (χ4v) is 3.10.